The lowest BCUT2D eigenvalue weighted by Gasteiger charge is -2.35. The number of hydrogen-bond donors (Lipinski definition) is 1. The van der Waals surface area contributed by atoms with Gasteiger partial charge in [-0.3, -0.25) is 9.69 Å². The smallest absolute Gasteiger partial charge is 0.309 e. The van der Waals surface area contributed by atoms with Crippen LogP contribution in [-0.4, -0.2) is 79.6 Å². The maximum atomic E-state index is 11.6. The molecular formula is C33H40ClN3O5S. The molecular weight excluding hydrogens is 586 g/mol. The number of carboxylic acid groups (broad SMARTS) is 1. The number of nitrogens with zero attached hydrogens (tertiary/aromatic N) is 3. The van der Waals surface area contributed by atoms with E-state index in [9.17, 15) is 9.90 Å². The number of rotatable bonds is 8. The Morgan fingerprint density at radius 2 is 2.00 bits per heavy atom. The lowest BCUT2D eigenvalue weighted by atomic mass is 9.93. The van der Waals surface area contributed by atoms with Gasteiger partial charge in [0.05, 0.1) is 22.7 Å². The van der Waals surface area contributed by atoms with Crippen molar-refractivity contribution < 1.29 is 24.1 Å². The molecule has 8 nitrogen and oxygen atoms in total. The summed E-state index contributed by atoms with van der Waals surface area (Å²) >= 11 is 8.22. The van der Waals surface area contributed by atoms with E-state index in [0.717, 1.165) is 67.5 Å². The molecule has 2 saturated heterocycles. The van der Waals surface area contributed by atoms with Crippen molar-refractivity contribution >= 4 is 34.0 Å². The molecule has 0 radical (unpaired) electrons. The second-order valence-corrected chi connectivity index (χ2v) is 13.1. The Balaban J connectivity index is 1.15. The molecule has 2 fully saturated rings. The second kappa shape index (κ2) is 13.5. The first-order valence-corrected chi connectivity index (χ1v) is 16.5. The van der Waals surface area contributed by atoms with Gasteiger partial charge in [-0.25, -0.2) is 4.98 Å². The van der Waals surface area contributed by atoms with Crippen LogP contribution in [0, 0.1) is 5.92 Å². The number of methoxy groups -OCH3 is 1. The number of piperidine rings is 1. The highest BCUT2D eigenvalue weighted by Crippen LogP contribution is 2.39. The van der Waals surface area contributed by atoms with Crippen molar-refractivity contribution in [1.29, 1.82) is 0 Å². The van der Waals surface area contributed by atoms with Gasteiger partial charge in [0.2, 0.25) is 0 Å². The van der Waals surface area contributed by atoms with Gasteiger partial charge in [0, 0.05) is 63.5 Å². The normalized spacial score (nSPS) is 23.5. The molecule has 10 heteroatoms. The summed E-state index contributed by atoms with van der Waals surface area (Å²) in [6.07, 6.45) is 3.45. The summed E-state index contributed by atoms with van der Waals surface area (Å²) in [7, 11) is 1.57. The van der Waals surface area contributed by atoms with Gasteiger partial charge in [-0.1, -0.05) is 42.8 Å². The first-order valence-electron chi connectivity index (χ1n) is 15.2. The number of carbonyl (C=O) groups is 1. The van der Waals surface area contributed by atoms with Crippen molar-refractivity contribution in [2.75, 3.05) is 51.4 Å². The molecule has 3 aliphatic heterocycles. The minimum absolute atomic E-state index is 0.378. The first-order chi connectivity index (χ1) is 20.9. The summed E-state index contributed by atoms with van der Waals surface area (Å²) in [5.74, 6) is -0.250. The van der Waals surface area contributed by atoms with E-state index in [1.54, 1.807) is 7.11 Å². The number of carboxylic acids is 1. The Morgan fingerprint density at radius 3 is 2.79 bits per heavy atom. The first kappa shape index (κ1) is 30.3. The predicted molar refractivity (Wildman–Crippen MR) is 170 cm³/mol. The quantitative estimate of drug-likeness (QED) is 0.321. The summed E-state index contributed by atoms with van der Waals surface area (Å²) in [6.45, 7) is 7.77. The Hall–Kier alpha value is -2.69. The molecule has 1 aromatic heterocycles. The lowest BCUT2D eigenvalue weighted by Crippen LogP contribution is -2.47. The number of hydrogen-bond acceptors (Lipinski definition) is 8. The van der Waals surface area contributed by atoms with Crippen molar-refractivity contribution in [2.24, 2.45) is 5.92 Å². The highest BCUT2D eigenvalue weighted by atomic mass is 35.5. The van der Waals surface area contributed by atoms with Crippen LogP contribution in [0.15, 0.2) is 41.8 Å². The van der Waals surface area contributed by atoms with Gasteiger partial charge in [-0.2, -0.15) is 0 Å². The van der Waals surface area contributed by atoms with Crippen molar-refractivity contribution in [1.82, 2.24) is 9.88 Å². The minimum Gasteiger partial charge on any atom is -0.487 e. The second-order valence-electron chi connectivity index (χ2n) is 11.9. The predicted octanol–water partition coefficient (Wildman–Crippen LogP) is 6.11. The maximum absolute atomic E-state index is 11.6. The standard InChI is InChI=1S/C33H40ClN3O5S/c1-21-17-36(24-10-14-41-15-11-24)12-8-23-7-6-22(16-27(21)23)19-42-31-25(4-3-5-28(31)34)29-20-43-33(35-29)37-13-9-26(32(38)39)30(18-37)40-2/h3-7,16,20-21,24,26,30H,8-15,17-19H2,1-2H3,(H,38,39)/t21-,26-,30+/m1/s1. The number of aromatic nitrogens is 1. The molecule has 4 heterocycles. The zero-order chi connectivity index (χ0) is 29.9. The fourth-order valence-electron chi connectivity index (χ4n) is 6.77. The number of thiazole rings is 1. The molecule has 0 saturated carbocycles. The third kappa shape index (κ3) is 6.71. The molecule has 0 amide bonds. The maximum Gasteiger partial charge on any atom is 0.309 e. The molecule has 3 aromatic rings. The molecule has 0 unspecified atom stereocenters. The van der Waals surface area contributed by atoms with Crippen LogP contribution in [0.4, 0.5) is 5.13 Å². The van der Waals surface area contributed by atoms with Gasteiger partial charge >= 0.3 is 5.97 Å². The van der Waals surface area contributed by atoms with Gasteiger partial charge in [-0.15, -0.1) is 11.3 Å². The Bertz CT molecular complexity index is 1430. The number of halogens is 1. The van der Waals surface area contributed by atoms with E-state index in [2.05, 4.69) is 34.9 Å². The van der Waals surface area contributed by atoms with Crippen LogP contribution in [0.5, 0.6) is 5.75 Å². The average Bonchev–Trinajstić information content (AvgIpc) is 3.46. The van der Waals surface area contributed by atoms with Crippen LogP contribution in [0.2, 0.25) is 5.02 Å². The summed E-state index contributed by atoms with van der Waals surface area (Å²) in [5, 5.41) is 12.9. The topological polar surface area (TPSA) is 84.4 Å². The zero-order valence-corrected chi connectivity index (χ0v) is 26.4. The summed E-state index contributed by atoms with van der Waals surface area (Å²) < 4.78 is 17.5. The average molecular weight is 626 g/mol. The van der Waals surface area contributed by atoms with Crippen LogP contribution >= 0.6 is 22.9 Å². The molecule has 43 heavy (non-hydrogen) atoms. The van der Waals surface area contributed by atoms with E-state index in [0.29, 0.717) is 48.8 Å². The largest absolute Gasteiger partial charge is 0.487 e. The number of para-hydroxylation sites is 1. The van der Waals surface area contributed by atoms with Crippen molar-refractivity contribution in [3.05, 3.63) is 63.5 Å². The summed E-state index contributed by atoms with van der Waals surface area (Å²) in [5.41, 5.74) is 5.61. The van der Waals surface area contributed by atoms with Crippen molar-refractivity contribution in [3.8, 4) is 17.0 Å². The minimum atomic E-state index is -0.812. The molecule has 3 aliphatic rings. The number of ether oxygens (including phenoxy) is 3. The third-order valence-corrected chi connectivity index (χ3v) is 10.4. The molecule has 3 atom stereocenters. The van der Waals surface area contributed by atoms with Crippen LogP contribution in [0.1, 0.15) is 48.8 Å². The third-order valence-electron chi connectivity index (χ3n) is 9.19. The van der Waals surface area contributed by atoms with Crippen LogP contribution in [0.25, 0.3) is 11.3 Å². The van der Waals surface area contributed by atoms with Crippen LogP contribution in [0.3, 0.4) is 0 Å². The van der Waals surface area contributed by atoms with Crippen molar-refractivity contribution in [3.63, 3.8) is 0 Å². The summed E-state index contributed by atoms with van der Waals surface area (Å²) in [6, 6.07) is 13.1. The summed E-state index contributed by atoms with van der Waals surface area (Å²) in [4.78, 5) is 21.3. The lowest BCUT2D eigenvalue weighted by molar-refractivity contribution is -0.147. The Morgan fingerprint density at radius 1 is 1.16 bits per heavy atom. The van der Waals surface area contributed by atoms with Crippen LogP contribution < -0.4 is 9.64 Å². The van der Waals surface area contributed by atoms with Gasteiger partial charge in [-0.05, 0) is 60.4 Å². The van der Waals surface area contributed by atoms with E-state index in [1.165, 1.54) is 22.5 Å². The van der Waals surface area contributed by atoms with Gasteiger partial charge in [0.15, 0.2) is 5.13 Å². The number of fused-ring (bicyclic) bond motifs is 1. The van der Waals surface area contributed by atoms with E-state index in [-0.39, 0.29) is 6.10 Å². The molecule has 0 bridgehead atoms. The van der Waals surface area contributed by atoms with E-state index >= 15 is 0 Å². The Labute approximate surface area is 262 Å². The molecule has 2 aromatic carbocycles. The van der Waals surface area contributed by atoms with Crippen LogP contribution in [-0.2, 0) is 27.3 Å². The van der Waals surface area contributed by atoms with Crippen molar-refractivity contribution in [2.45, 2.75) is 57.3 Å². The monoisotopic (exact) mass is 625 g/mol. The van der Waals surface area contributed by atoms with E-state index in [4.69, 9.17) is 30.8 Å². The van der Waals surface area contributed by atoms with E-state index in [1.807, 2.05) is 23.6 Å². The van der Waals surface area contributed by atoms with E-state index < -0.39 is 11.9 Å². The Kier molecular flexibility index (Phi) is 9.54. The fraction of sp³-hybridized carbons (Fsp3) is 0.515. The van der Waals surface area contributed by atoms with Gasteiger partial charge < -0.3 is 24.2 Å². The SMILES string of the molecule is CO[C@H]1CN(c2nc(-c3cccc(Cl)c3OCc3ccc4c(c3)[C@H](C)CN(C3CCOCC3)CC4)cs2)CC[C@H]1C(=O)O. The number of aliphatic carboxylic acids is 1. The molecule has 230 valence electrons. The number of benzene rings is 2. The van der Waals surface area contributed by atoms with Gasteiger partial charge in [0.1, 0.15) is 12.4 Å². The number of anilines is 1. The van der Waals surface area contributed by atoms with Gasteiger partial charge in [0.25, 0.3) is 0 Å². The fourth-order valence-corrected chi connectivity index (χ4v) is 7.86. The molecule has 6 rings (SSSR count). The zero-order valence-electron chi connectivity index (χ0n) is 24.8. The molecule has 0 spiro atoms. The highest BCUT2D eigenvalue weighted by Gasteiger charge is 2.35. The highest BCUT2D eigenvalue weighted by molar-refractivity contribution is 7.14. The molecule has 1 N–H and O–H groups in total. The molecule has 0 aliphatic carbocycles.